The topological polar surface area (TPSA) is 56.8 Å². The van der Waals surface area contributed by atoms with E-state index in [1.54, 1.807) is 4.90 Å². The molecule has 6 nitrogen and oxygen atoms in total. The van der Waals surface area contributed by atoms with E-state index in [0.29, 0.717) is 25.7 Å². The second kappa shape index (κ2) is 9.44. The van der Waals surface area contributed by atoms with Crippen LogP contribution in [0.3, 0.4) is 0 Å². The highest BCUT2D eigenvalue weighted by Crippen LogP contribution is 2.23. The molecule has 0 spiro atoms. The maximum atomic E-state index is 14.4. The second-order valence-corrected chi connectivity index (χ2v) is 8.21. The van der Waals surface area contributed by atoms with E-state index in [4.69, 9.17) is 4.74 Å². The Morgan fingerprint density at radius 2 is 1.81 bits per heavy atom. The summed E-state index contributed by atoms with van der Waals surface area (Å²) in [6.45, 7) is 5.19. The number of nitrogens with one attached hydrogen (secondary N) is 2. The number of hydrogen-bond donors (Lipinski definition) is 2. The fourth-order valence-corrected chi connectivity index (χ4v) is 4.34. The van der Waals surface area contributed by atoms with Crippen molar-refractivity contribution in [3.8, 4) is 0 Å². The van der Waals surface area contributed by atoms with Crippen LogP contribution in [-0.4, -0.2) is 66.2 Å². The smallest absolute Gasteiger partial charge is 0.255 e. The minimum atomic E-state index is -1.11. The summed E-state index contributed by atoms with van der Waals surface area (Å²) in [6.07, 6.45) is 7.48. The molecule has 150 valence electrons. The molecule has 3 atom stereocenters. The number of carbonyl (C=O) groups is 1. The molecule has 2 saturated heterocycles. The van der Waals surface area contributed by atoms with Crippen LogP contribution in [0.5, 0.6) is 0 Å². The molecule has 3 fully saturated rings. The van der Waals surface area contributed by atoms with Crippen molar-refractivity contribution in [1.29, 1.82) is 0 Å². The zero-order valence-corrected chi connectivity index (χ0v) is 16.3. The summed E-state index contributed by atoms with van der Waals surface area (Å²) in [5.74, 6) is -0.0519. The molecular weight excluding hydrogens is 335 g/mol. The highest BCUT2D eigenvalue weighted by atomic mass is 19.1. The maximum absolute atomic E-state index is 14.4. The van der Waals surface area contributed by atoms with Gasteiger partial charge in [-0.15, -0.1) is 0 Å². The second-order valence-electron chi connectivity index (χ2n) is 8.21. The van der Waals surface area contributed by atoms with E-state index in [1.807, 2.05) is 13.8 Å². The summed E-state index contributed by atoms with van der Waals surface area (Å²) < 4.78 is 20.0. The molecule has 1 aliphatic carbocycles. The molecular formula is C19H35FN4O2. The molecule has 3 rings (SSSR count). The number of nitrogens with zero attached hydrogens (tertiary/aromatic N) is 2. The van der Waals surface area contributed by atoms with Crippen molar-refractivity contribution in [3.05, 3.63) is 0 Å². The van der Waals surface area contributed by atoms with Crippen LogP contribution in [0.25, 0.3) is 0 Å². The molecule has 1 saturated carbocycles. The molecule has 3 aliphatic rings. The van der Waals surface area contributed by atoms with Gasteiger partial charge in [-0.3, -0.25) is 10.1 Å². The minimum Gasteiger partial charge on any atom is -0.372 e. The Kier molecular flexibility index (Phi) is 7.26. The number of ether oxygens (including phenoxy) is 1. The number of piperidine rings is 1. The predicted octanol–water partition coefficient (Wildman–Crippen LogP) is 2.16. The lowest BCUT2D eigenvalue weighted by atomic mass is 9.96. The summed E-state index contributed by atoms with van der Waals surface area (Å²) in [7, 11) is 0. The van der Waals surface area contributed by atoms with Gasteiger partial charge >= 0.3 is 0 Å². The van der Waals surface area contributed by atoms with Crippen molar-refractivity contribution >= 4 is 5.91 Å². The lowest BCUT2D eigenvalue weighted by Crippen LogP contribution is -2.56. The van der Waals surface area contributed by atoms with Gasteiger partial charge in [0, 0.05) is 12.6 Å². The quantitative estimate of drug-likeness (QED) is 0.794. The third-order valence-electron chi connectivity index (χ3n) is 5.76. The molecule has 2 aliphatic heterocycles. The van der Waals surface area contributed by atoms with Crippen molar-refractivity contribution in [2.45, 2.75) is 95.8 Å². The summed E-state index contributed by atoms with van der Waals surface area (Å²) >= 11 is 0. The van der Waals surface area contributed by atoms with E-state index in [-0.39, 0.29) is 18.6 Å². The highest BCUT2D eigenvalue weighted by Gasteiger charge is 2.38. The summed E-state index contributed by atoms with van der Waals surface area (Å²) in [6, 6.07) is 0.486. The van der Waals surface area contributed by atoms with Crippen molar-refractivity contribution in [3.63, 3.8) is 0 Å². The summed E-state index contributed by atoms with van der Waals surface area (Å²) in [5.41, 5.74) is 3.34. The van der Waals surface area contributed by atoms with Gasteiger partial charge in [0.1, 0.15) is 6.17 Å². The first kappa shape index (κ1) is 20.0. The molecule has 0 aromatic heterocycles. The standard InChI is InChI=1S/C19H35FN4O2/c1-14(2)26-17-10-11-23(12-16(17)20)19(25)18-21-13-24(22-18)15-8-6-4-3-5-7-9-15/h14-18,21-22H,3-13H2,1-2H3/t16-,17+,18?/m1/s1. The zero-order valence-electron chi connectivity index (χ0n) is 16.3. The monoisotopic (exact) mass is 370 g/mol. The maximum Gasteiger partial charge on any atom is 0.255 e. The molecule has 7 heteroatoms. The minimum absolute atomic E-state index is 0.0102. The molecule has 2 N–H and O–H groups in total. The Morgan fingerprint density at radius 3 is 2.46 bits per heavy atom. The Labute approximate surface area is 156 Å². The molecule has 0 radical (unpaired) electrons. The average Bonchev–Trinajstić information content (AvgIpc) is 3.05. The third kappa shape index (κ3) is 5.15. The summed E-state index contributed by atoms with van der Waals surface area (Å²) in [4.78, 5) is 14.4. The van der Waals surface area contributed by atoms with Gasteiger partial charge in [0.15, 0.2) is 6.17 Å². The fourth-order valence-electron chi connectivity index (χ4n) is 4.34. The Bertz CT molecular complexity index is 457. The highest BCUT2D eigenvalue weighted by molar-refractivity contribution is 5.81. The third-order valence-corrected chi connectivity index (χ3v) is 5.76. The van der Waals surface area contributed by atoms with E-state index in [9.17, 15) is 9.18 Å². The van der Waals surface area contributed by atoms with Gasteiger partial charge in [-0.1, -0.05) is 32.1 Å². The molecule has 0 aromatic carbocycles. The first-order valence-corrected chi connectivity index (χ1v) is 10.4. The number of halogens is 1. The van der Waals surface area contributed by atoms with Gasteiger partial charge in [0.2, 0.25) is 0 Å². The molecule has 1 amide bonds. The van der Waals surface area contributed by atoms with Crippen LogP contribution in [0.4, 0.5) is 4.39 Å². The Balaban J connectivity index is 1.48. The van der Waals surface area contributed by atoms with Crippen molar-refractivity contribution in [1.82, 2.24) is 20.7 Å². The number of hydrogen-bond acceptors (Lipinski definition) is 5. The zero-order chi connectivity index (χ0) is 18.5. The van der Waals surface area contributed by atoms with Crippen molar-refractivity contribution in [2.75, 3.05) is 19.8 Å². The van der Waals surface area contributed by atoms with Crippen molar-refractivity contribution < 1.29 is 13.9 Å². The van der Waals surface area contributed by atoms with Gasteiger partial charge in [-0.25, -0.2) is 14.8 Å². The first-order chi connectivity index (χ1) is 12.5. The van der Waals surface area contributed by atoms with Gasteiger partial charge in [-0.2, -0.15) is 0 Å². The molecule has 26 heavy (non-hydrogen) atoms. The normalized spacial score (nSPS) is 32.6. The van der Waals surface area contributed by atoms with Crippen LogP contribution in [0.1, 0.15) is 65.2 Å². The number of hydrazine groups is 1. The van der Waals surface area contributed by atoms with Crippen LogP contribution >= 0.6 is 0 Å². The molecule has 0 aromatic rings. The number of rotatable bonds is 4. The van der Waals surface area contributed by atoms with E-state index < -0.39 is 18.4 Å². The SMILES string of the molecule is CC(C)O[C@H]1CCN(C(=O)C2NCN(C3CCCCCCC3)N2)C[C@H]1F. The lowest BCUT2D eigenvalue weighted by Gasteiger charge is -2.36. The van der Waals surface area contributed by atoms with Crippen LogP contribution in [-0.2, 0) is 9.53 Å². The number of carbonyl (C=O) groups excluding carboxylic acids is 1. The van der Waals surface area contributed by atoms with E-state index >= 15 is 0 Å². The number of likely N-dealkylation sites (tertiary alicyclic amines) is 1. The molecule has 1 unspecified atom stereocenters. The van der Waals surface area contributed by atoms with E-state index in [2.05, 4.69) is 15.8 Å². The van der Waals surface area contributed by atoms with Gasteiger partial charge in [0.05, 0.1) is 25.4 Å². The van der Waals surface area contributed by atoms with E-state index in [1.165, 1.54) is 44.9 Å². The van der Waals surface area contributed by atoms with Crippen LogP contribution in [0, 0.1) is 0 Å². The largest absolute Gasteiger partial charge is 0.372 e. The van der Waals surface area contributed by atoms with E-state index in [0.717, 1.165) is 0 Å². The van der Waals surface area contributed by atoms with Crippen molar-refractivity contribution in [2.24, 2.45) is 0 Å². The fraction of sp³-hybridized carbons (Fsp3) is 0.947. The van der Waals surface area contributed by atoms with Crippen LogP contribution in [0.2, 0.25) is 0 Å². The van der Waals surface area contributed by atoms with Crippen LogP contribution < -0.4 is 10.7 Å². The molecule has 2 heterocycles. The first-order valence-electron chi connectivity index (χ1n) is 10.4. The number of amides is 1. The lowest BCUT2D eigenvalue weighted by molar-refractivity contribution is -0.141. The number of alkyl halides is 1. The average molecular weight is 371 g/mol. The summed E-state index contributed by atoms with van der Waals surface area (Å²) in [5, 5.41) is 5.46. The molecule has 0 bridgehead atoms. The predicted molar refractivity (Wildman–Crippen MR) is 99.0 cm³/mol. The Hall–Kier alpha value is -0.760. The van der Waals surface area contributed by atoms with Crippen LogP contribution in [0.15, 0.2) is 0 Å². The van der Waals surface area contributed by atoms with Gasteiger partial charge < -0.3 is 9.64 Å². The van der Waals surface area contributed by atoms with Gasteiger partial charge in [0.25, 0.3) is 5.91 Å². The Morgan fingerprint density at radius 1 is 1.12 bits per heavy atom. The van der Waals surface area contributed by atoms with Gasteiger partial charge in [-0.05, 0) is 33.1 Å².